The summed E-state index contributed by atoms with van der Waals surface area (Å²) in [6, 6.07) is 36.1. The van der Waals surface area contributed by atoms with Gasteiger partial charge in [-0.2, -0.15) is 0 Å². The zero-order chi connectivity index (χ0) is 18.2. The molecule has 0 aliphatic rings. The molecule has 0 atom stereocenters. The maximum Gasteiger partial charge on any atom is 0.0412 e. The van der Waals surface area contributed by atoms with Gasteiger partial charge in [0.2, 0.25) is 0 Å². The van der Waals surface area contributed by atoms with E-state index in [1.165, 1.54) is 43.8 Å². The minimum Gasteiger partial charge on any atom is -0.0843 e. The second-order valence-electron chi connectivity index (χ2n) is 6.72. The first kappa shape index (κ1) is 16.1. The molecule has 0 bridgehead atoms. The van der Waals surface area contributed by atoms with Gasteiger partial charge in [-0.25, -0.2) is 0 Å². The van der Waals surface area contributed by atoms with Crippen LogP contribution in [0.1, 0.15) is 0 Å². The molecule has 0 fully saturated rings. The molecule has 128 valence electrons. The van der Waals surface area contributed by atoms with Crippen LogP contribution >= 0.6 is 11.6 Å². The number of rotatable bonds is 2. The summed E-state index contributed by atoms with van der Waals surface area (Å²) in [6.45, 7) is 0. The Labute approximate surface area is 163 Å². The van der Waals surface area contributed by atoms with Gasteiger partial charge in [-0.3, -0.25) is 0 Å². The highest BCUT2D eigenvalue weighted by atomic mass is 35.5. The summed E-state index contributed by atoms with van der Waals surface area (Å²) in [5, 5.41) is 5.69. The predicted molar refractivity (Wildman–Crippen MR) is 117 cm³/mol. The Balaban J connectivity index is 2.07. The Bertz CT molecular complexity index is 1260. The Morgan fingerprint density at radius 2 is 0.889 bits per heavy atom. The van der Waals surface area contributed by atoms with Crippen molar-refractivity contribution >= 4 is 33.1 Å². The van der Waals surface area contributed by atoms with Crippen LogP contribution in [0.5, 0.6) is 0 Å². The highest BCUT2D eigenvalue weighted by Crippen LogP contribution is 2.44. The van der Waals surface area contributed by atoms with Crippen LogP contribution in [-0.4, -0.2) is 0 Å². The SMILES string of the molecule is Clc1ccc2c(c1)c(-c1ccccc1)c(-c1ccccc1)c1ccccc12. The summed E-state index contributed by atoms with van der Waals surface area (Å²) in [6.07, 6.45) is 0. The lowest BCUT2D eigenvalue weighted by Gasteiger charge is -2.18. The lowest BCUT2D eigenvalue weighted by molar-refractivity contribution is 1.63. The molecule has 0 aliphatic carbocycles. The molecule has 0 unspecified atom stereocenters. The van der Waals surface area contributed by atoms with Crippen molar-refractivity contribution in [1.82, 2.24) is 0 Å². The molecular weight excluding hydrogens is 348 g/mol. The van der Waals surface area contributed by atoms with Gasteiger partial charge in [0, 0.05) is 5.02 Å². The molecule has 1 heteroatoms. The van der Waals surface area contributed by atoms with Crippen molar-refractivity contribution in [3.05, 3.63) is 108 Å². The molecule has 0 heterocycles. The van der Waals surface area contributed by atoms with Gasteiger partial charge in [-0.15, -0.1) is 0 Å². The van der Waals surface area contributed by atoms with Crippen molar-refractivity contribution in [2.75, 3.05) is 0 Å². The smallest absolute Gasteiger partial charge is 0.0412 e. The number of hydrogen-bond donors (Lipinski definition) is 0. The van der Waals surface area contributed by atoms with Crippen LogP contribution < -0.4 is 0 Å². The van der Waals surface area contributed by atoms with E-state index in [0.29, 0.717) is 0 Å². The van der Waals surface area contributed by atoms with E-state index < -0.39 is 0 Å². The fourth-order valence-electron chi connectivity index (χ4n) is 3.97. The van der Waals surface area contributed by atoms with Crippen LogP contribution in [0.3, 0.4) is 0 Å². The molecule has 0 radical (unpaired) electrons. The number of halogens is 1. The largest absolute Gasteiger partial charge is 0.0843 e. The van der Waals surface area contributed by atoms with E-state index >= 15 is 0 Å². The molecule has 0 spiro atoms. The Hall–Kier alpha value is -3.09. The van der Waals surface area contributed by atoms with E-state index in [9.17, 15) is 0 Å². The standard InChI is InChI=1S/C26H17Cl/c27-20-15-16-22-21-13-7-8-14-23(21)25(18-9-3-1-4-10-18)26(24(22)17-20)19-11-5-2-6-12-19/h1-17H. The van der Waals surface area contributed by atoms with Crippen LogP contribution in [0.25, 0.3) is 43.8 Å². The molecule has 5 rings (SSSR count). The van der Waals surface area contributed by atoms with E-state index in [1.807, 2.05) is 6.07 Å². The summed E-state index contributed by atoms with van der Waals surface area (Å²) in [7, 11) is 0. The molecule has 0 amide bonds. The average Bonchev–Trinajstić information content (AvgIpc) is 2.74. The number of hydrogen-bond acceptors (Lipinski definition) is 0. The third kappa shape index (κ3) is 2.70. The highest BCUT2D eigenvalue weighted by molar-refractivity contribution is 6.32. The minimum atomic E-state index is 0.758. The van der Waals surface area contributed by atoms with E-state index in [4.69, 9.17) is 11.6 Å². The third-order valence-corrected chi connectivity index (χ3v) is 5.35. The second kappa shape index (κ2) is 6.57. The lowest BCUT2D eigenvalue weighted by Crippen LogP contribution is -1.91. The zero-order valence-corrected chi connectivity index (χ0v) is 15.4. The van der Waals surface area contributed by atoms with Crippen molar-refractivity contribution < 1.29 is 0 Å². The van der Waals surface area contributed by atoms with Crippen molar-refractivity contribution in [1.29, 1.82) is 0 Å². The summed E-state index contributed by atoms with van der Waals surface area (Å²) in [4.78, 5) is 0. The summed E-state index contributed by atoms with van der Waals surface area (Å²) < 4.78 is 0. The number of fused-ring (bicyclic) bond motifs is 3. The quantitative estimate of drug-likeness (QED) is 0.278. The monoisotopic (exact) mass is 364 g/mol. The van der Waals surface area contributed by atoms with Gasteiger partial charge in [-0.05, 0) is 55.9 Å². The van der Waals surface area contributed by atoms with Gasteiger partial charge in [0.25, 0.3) is 0 Å². The minimum absolute atomic E-state index is 0.758. The van der Waals surface area contributed by atoms with Crippen molar-refractivity contribution in [2.24, 2.45) is 0 Å². The Kier molecular flexibility index (Phi) is 3.92. The lowest BCUT2D eigenvalue weighted by atomic mass is 9.85. The fourth-order valence-corrected chi connectivity index (χ4v) is 4.14. The van der Waals surface area contributed by atoms with Crippen molar-refractivity contribution in [3.8, 4) is 22.3 Å². The molecule has 0 aromatic heterocycles. The summed E-state index contributed by atoms with van der Waals surface area (Å²) in [5.41, 5.74) is 4.91. The first-order chi connectivity index (χ1) is 13.3. The Morgan fingerprint density at radius 1 is 0.407 bits per heavy atom. The zero-order valence-electron chi connectivity index (χ0n) is 14.7. The molecule has 0 saturated heterocycles. The van der Waals surface area contributed by atoms with E-state index in [2.05, 4.69) is 97.1 Å². The Morgan fingerprint density at radius 3 is 1.52 bits per heavy atom. The molecule has 5 aromatic carbocycles. The molecule has 0 nitrogen and oxygen atoms in total. The predicted octanol–water partition coefficient (Wildman–Crippen LogP) is 7.98. The van der Waals surface area contributed by atoms with Gasteiger partial charge in [0.05, 0.1) is 0 Å². The van der Waals surface area contributed by atoms with Gasteiger partial charge in [0.1, 0.15) is 0 Å². The maximum atomic E-state index is 6.43. The van der Waals surface area contributed by atoms with Crippen LogP contribution in [0.15, 0.2) is 103 Å². The summed E-state index contributed by atoms with van der Waals surface area (Å²) >= 11 is 6.43. The van der Waals surface area contributed by atoms with Gasteiger partial charge < -0.3 is 0 Å². The molecule has 5 aromatic rings. The van der Waals surface area contributed by atoms with Crippen molar-refractivity contribution in [2.45, 2.75) is 0 Å². The van der Waals surface area contributed by atoms with Gasteiger partial charge >= 0.3 is 0 Å². The first-order valence-electron chi connectivity index (χ1n) is 9.08. The van der Waals surface area contributed by atoms with Crippen LogP contribution in [0, 0.1) is 0 Å². The number of benzene rings is 5. The molecular formula is C26H17Cl. The topological polar surface area (TPSA) is 0 Å². The van der Waals surface area contributed by atoms with E-state index in [1.54, 1.807) is 0 Å². The van der Waals surface area contributed by atoms with Gasteiger partial charge in [0.15, 0.2) is 0 Å². The fraction of sp³-hybridized carbons (Fsp3) is 0. The first-order valence-corrected chi connectivity index (χ1v) is 9.45. The maximum absolute atomic E-state index is 6.43. The molecule has 27 heavy (non-hydrogen) atoms. The van der Waals surface area contributed by atoms with Crippen molar-refractivity contribution in [3.63, 3.8) is 0 Å². The second-order valence-corrected chi connectivity index (χ2v) is 7.15. The molecule has 0 aliphatic heterocycles. The van der Waals surface area contributed by atoms with E-state index in [0.717, 1.165) is 5.02 Å². The third-order valence-electron chi connectivity index (χ3n) is 5.11. The van der Waals surface area contributed by atoms with Crippen LogP contribution in [-0.2, 0) is 0 Å². The van der Waals surface area contributed by atoms with E-state index in [-0.39, 0.29) is 0 Å². The normalized spacial score (nSPS) is 11.1. The van der Waals surface area contributed by atoms with Crippen LogP contribution in [0.4, 0.5) is 0 Å². The highest BCUT2D eigenvalue weighted by Gasteiger charge is 2.17. The summed E-state index contributed by atoms with van der Waals surface area (Å²) in [5.74, 6) is 0. The molecule has 0 N–H and O–H groups in total. The average molecular weight is 365 g/mol. The molecule has 0 saturated carbocycles. The van der Waals surface area contributed by atoms with Gasteiger partial charge in [-0.1, -0.05) is 103 Å². The van der Waals surface area contributed by atoms with Crippen LogP contribution in [0.2, 0.25) is 5.02 Å².